The summed E-state index contributed by atoms with van der Waals surface area (Å²) in [5.74, 6) is -0.287. The van der Waals surface area contributed by atoms with Crippen LogP contribution < -0.4 is 9.62 Å². The van der Waals surface area contributed by atoms with Crippen LogP contribution in [-0.4, -0.2) is 32.0 Å². The molecule has 0 atom stereocenters. The lowest BCUT2D eigenvalue weighted by Gasteiger charge is -2.22. The predicted molar refractivity (Wildman–Crippen MR) is 105 cm³/mol. The number of non-ortho nitro benzene ring substituents is 1. The number of nitrogens with one attached hydrogen (secondary N) is 1. The highest BCUT2D eigenvalue weighted by Crippen LogP contribution is 2.23. The van der Waals surface area contributed by atoms with Crippen molar-refractivity contribution in [2.75, 3.05) is 22.4 Å². The first-order valence-electron chi connectivity index (χ1n) is 7.94. The van der Waals surface area contributed by atoms with Gasteiger partial charge in [0, 0.05) is 35.8 Å². The topological polar surface area (TPSA) is 110 Å². The van der Waals surface area contributed by atoms with Gasteiger partial charge in [0.15, 0.2) is 0 Å². The molecule has 1 amide bonds. The molecule has 0 aliphatic rings. The second-order valence-corrected chi connectivity index (χ2v) is 8.12. The van der Waals surface area contributed by atoms with Crippen LogP contribution in [0.25, 0.3) is 0 Å². The average Bonchev–Trinajstić information content (AvgIpc) is 2.57. The quantitative estimate of drug-likeness (QED) is 0.528. The summed E-state index contributed by atoms with van der Waals surface area (Å²) in [5.41, 5.74) is 0.521. The van der Waals surface area contributed by atoms with Crippen LogP contribution in [0.15, 0.2) is 48.5 Å². The summed E-state index contributed by atoms with van der Waals surface area (Å²) in [4.78, 5) is 22.3. The molecular weight excluding hydrogens is 394 g/mol. The smallest absolute Gasteiger partial charge is 0.271 e. The maximum atomic E-state index is 12.1. The number of carbonyl (C=O) groups excluding carboxylic acids is 1. The van der Waals surface area contributed by atoms with Gasteiger partial charge in [0.05, 0.1) is 16.9 Å². The predicted octanol–water partition coefficient (Wildman–Crippen LogP) is 3.43. The van der Waals surface area contributed by atoms with Gasteiger partial charge in [-0.05, 0) is 30.7 Å². The summed E-state index contributed by atoms with van der Waals surface area (Å²) < 4.78 is 25.2. The summed E-state index contributed by atoms with van der Waals surface area (Å²) in [6.07, 6.45) is 1.33. The van der Waals surface area contributed by atoms with E-state index in [9.17, 15) is 23.3 Å². The first-order chi connectivity index (χ1) is 12.7. The fraction of sp³-hybridized carbons (Fsp3) is 0.235. The van der Waals surface area contributed by atoms with Gasteiger partial charge in [-0.25, -0.2) is 8.42 Å². The largest absolute Gasteiger partial charge is 0.326 e. The Morgan fingerprint density at radius 1 is 1.22 bits per heavy atom. The number of nitro benzene ring substituents is 1. The molecule has 1 N–H and O–H groups in total. The van der Waals surface area contributed by atoms with Crippen molar-refractivity contribution in [1.82, 2.24) is 0 Å². The monoisotopic (exact) mass is 411 g/mol. The van der Waals surface area contributed by atoms with Gasteiger partial charge in [-0.3, -0.25) is 19.2 Å². The molecule has 0 saturated heterocycles. The Bertz CT molecular complexity index is 949. The maximum absolute atomic E-state index is 12.1. The van der Waals surface area contributed by atoms with Gasteiger partial charge in [0.25, 0.3) is 5.69 Å². The van der Waals surface area contributed by atoms with Crippen molar-refractivity contribution in [3.63, 3.8) is 0 Å². The van der Waals surface area contributed by atoms with Crippen LogP contribution in [0.2, 0.25) is 5.02 Å². The zero-order valence-electron chi connectivity index (χ0n) is 14.5. The molecule has 2 aromatic carbocycles. The number of nitrogens with zero attached hydrogens (tertiary/aromatic N) is 2. The van der Waals surface area contributed by atoms with E-state index in [4.69, 9.17) is 11.6 Å². The third-order valence-corrected chi connectivity index (χ3v) is 5.03. The molecule has 10 heteroatoms. The molecule has 0 unspecified atom stereocenters. The van der Waals surface area contributed by atoms with E-state index >= 15 is 0 Å². The summed E-state index contributed by atoms with van der Waals surface area (Å²) in [6, 6.07) is 12.0. The van der Waals surface area contributed by atoms with E-state index in [0.29, 0.717) is 10.7 Å². The van der Waals surface area contributed by atoms with Crippen molar-refractivity contribution in [2.45, 2.75) is 12.8 Å². The average molecular weight is 412 g/mol. The zero-order valence-corrected chi connectivity index (χ0v) is 16.0. The Labute approximate surface area is 162 Å². The Kier molecular flexibility index (Phi) is 6.75. The van der Waals surface area contributed by atoms with Crippen LogP contribution in [0.4, 0.5) is 17.1 Å². The molecule has 0 bridgehead atoms. The molecule has 0 radical (unpaired) electrons. The summed E-state index contributed by atoms with van der Waals surface area (Å²) in [5, 5.41) is 14.1. The molecule has 8 nitrogen and oxygen atoms in total. The fourth-order valence-corrected chi connectivity index (χ4v) is 3.57. The van der Waals surface area contributed by atoms with Crippen molar-refractivity contribution < 1.29 is 18.1 Å². The van der Waals surface area contributed by atoms with Crippen molar-refractivity contribution in [3.8, 4) is 0 Å². The van der Waals surface area contributed by atoms with Crippen molar-refractivity contribution in [2.24, 2.45) is 0 Å². The molecule has 2 rings (SSSR count). The van der Waals surface area contributed by atoms with E-state index in [1.165, 1.54) is 24.3 Å². The van der Waals surface area contributed by atoms with Crippen LogP contribution in [-0.2, 0) is 14.8 Å². The van der Waals surface area contributed by atoms with Crippen LogP contribution in [0, 0.1) is 10.1 Å². The highest BCUT2D eigenvalue weighted by molar-refractivity contribution is 7.92. The molecule has 144 valence electrons. The number of carbonyl (C=O) groups is 1. The lowest BCUT2D eigenvalue weighted by atomic mass is 10.2. The number of hydrogen-bond acceptors (Lipinski definition) is 5. The number of anilines is 2. The van der Waals surface area contributed by atoms with Gasteiger partial charge in [0.2, 0.25) is 15.9 Å². The molecule has 0 saturated carbocycles. The maximum Gasteiger partial charge on any atom is 0.271 e. The first kappa shape index (κ1) is 20.7. The van der Waals surface area contributed by atoms with E-state index < -0.39 is 14.9 Å². The SMILES string of the molecule is CS(=O)(=O)N(CCCC(=O)Nc1cccc(Cl)c1)c1cccc([N+](=O)[O-])c1. The highest BCUT2D eigenvalue weighted by atomic mass is 35.5. The number of nitro groups is 1. The van der Waals surface area contributed by atoms with Gasteiger partial charge in [0.1, 0.15) is 0 Å². The molecular formula is C17H18ClN3O5S. The molecule has 0 fully saturated rings. The minimum atomic E-state index is -3.66. The second kappa shape index (κ2) is 8.83. The van der Waals surface area contributed by atoms with Crippen LogP contribution in [0.5, 0.6) is 0 Å². The number of rotatable bonds is 8. The van der Waals surface area contributed by atoms with Gasteiger partial charge >= 0.3 is 0 Å². The van der Waals surface area contributed by atoms with Gasteiger partial charge < -0.3 is 5.32 Å². The Hall–Kier alpha value is -2.65. The Morgan fingerprint density at radius 2 is 1.93 bits per heavy atom. The molecule has 2 aromatic rings. The number of benzene rings is 2. The van der Waals surface area contributed by atoms with E-state index in [-0.39, 0.29) is 36.7 Å². The van der Waals surface area contributed by atoms with Crippen molar-refractivity contribution in [3.05, 3.63) is 63.7 Å². The van der Waals surface area contributed by atoms with E-state index in [1.807, 2.05) is 0 Å². The zero-order chi connectivity index (χ0) is 20.0. The molecule has 0 aromatic heterocycles. The number of sulfonamides is 1. The standard InChI is InChI=1S/C17H18ClN3O5S/c1-27(25,26)20(15-7-3-8-16(12-15)21(23)24)10-4-9-17(22)19-14-6-2-5-13(18)11-14/h2-3,5-8,11-12H,4,9-10H2,1H3,(H,19,22). The van der Waals surface area contributed by atoms with E-state index in [1.54, 1.807) is 24.3 Å². The van der Waals surface area contributed by atoms with Crippen molar-refractivity contribution in [1.29, 1.82) is 0 Å². The van der Waals surface area contributed by atoms with Crippen LogP contribution in [0.1, 0.15) is 12.8 Å². The molecule has 27 heavy (non-hydrogen) atoms. The summed E-state index contributed by atoms with van der Waals surface area (Å²) in [6.45, 7) is 0.0168. The Balaban J connectivity index is 2.02. The minimum Gasteiger partial charge on any atom is -0.326 e. The van der Waals surface area contributed by atoms with Crippen molar-refractivity contribution >= 4 is 44.6 Å². The fourth-order valence-electron chi connectivity index (χ4n) is 2.42. The minimum absolute atomic E-state index is 0.0168. The Morgan fingerprint density at radius 3 is 2.56 bits per heavy atom. The van der Waals surface area contributed by atoms with Gasteiger partial charge in [-0.1, -0.05) is 23.7 Å². The summed E-state index contributed by atoms with van der Waals surface area (Å²) >= 11 is 5.85. The normalized spacial score (nSPS) is 11.0. The molecule has 0 spiro atoms. The number of halogens is 1. The van der Waals surface area contributed by atoms with E-state index in [0.717, 1.165) is 10.6 Å². The van der Waals surface area contributed by atoms with E-state index in [2.05, 4.69) is 5.32 Å². The lowest BCUT2D eigenvalue weighted by molar-refractivity contribution is -0.384. The molecule has 0 heterocycles. The number of amides is 1. The second-order valence-electron chi connectivity index (χ2n) is 5.77. The van der Waals surface area contributed by atoms with Gasteiger partial charge in [-0.15, -0.1) is 0 Å². The molecule has 0 aliphatic carbocycles. The molecule has 0 aliphatic heterocycles. The number of hydrogen-bond donors (Lipinski definition) is 1. The first-order valence-corrected chi connectivity index (χ1v) is 10.2. The van der Waals surface area contributed by atoms with Gasteiger partial charge in [-0.2, -0.15) is 0 Å². The van der Waals surface area contributed by atoms with Crippen LogP contribution in [0.3, 0.4) is 0 Å². The third-order valence-electron chi connectivity index (χ3n) is 3.60. The lowest BCUT2D eigenvalue weighted by Crippen LogP contribution is -2.31. The summed E-state index contributed by atoms with van der Waals surface area (Å²) in [7, 11) is -3.66. The van der Waals surface area contributed by atoms with Crippen LogP contribution >= 0.6 is 11.6 Å². The highest BCUT2D eigenvalue weighted by Gasteiger charge is 2.19. The third kappa shape index (κ3) is 6.22.